The molecule has 2 N–H and O–H groups in total. The molecule has 0 aliphatic heterocycles. The van der Waals surface area contributed by atoms with Gasteiger partial charge in [0.25, 0.3) is 0 Å². The summed E-state index contributed by atoms with van der Waals surface area (Å²) >= 11 is 5.21. The van der Waals surface area contributed by atoms with Gasteiger partial charge < -0.3 is 10.5 Å². The molecule has 0 fully saturated rings. The van der Waals surface area contributed by atoms with Crippen molar-refractivity contribution in [3.63, 3.8) is 0 Å². The summed E-state index contributed by atoms with van der Waals surface area (Å²) in [5.74, 6) is 0.0536. The topological polar surface area (TPSA) is 52.3 Å². The molecule has 0 aromatic carbocycles. The molecule has 1 rings (SSSR count). The van der Waals surface area contributed by atoms with E-state index in [2.05, 4.69) is 33.7 Å². The predicted octanol–water partition coefficient (Wildman–Crippen LogP) is 3.41. The fraction of sp³-hybridized carbons (Fsp3) is 0.583. The fourth-order valence-electron chi connectivity index (χ4n) is 1.75. The fourth-order valence-corrected chi connectivity index (χ4v) is 3.71. The lowest BCUT2D eigenvalue weighted by atomic mass is 9.98. The minimum atomic E-state index is -0.175. The number of nitrogens with two attached hydrogens (primary N) is 1. The highest BCUT2D eigenvalue weighted by molar-refractivity contribution is 9.10. The molecule has 5 heteroatoms. The van der Waals surface area contributed by atoms with Crippen molar-refractivity contribution in [3.05, 3.63) is 20.3 Å². The third-order valence-corrected chi connectivity index (χ3v) is 4.67. The van der Waals surface area contributed by atoms with Gasteiger partial charge in [0.15, 0.2) is 0 Å². The Labute approximate surface area is 114 Å². The van der Waals surface area contributed by atoms with Crippen molar-refractivity contribution in [2.45, 2.75) is 32.7 Å². The molecule has 0 spiro atoms. The van der Waals surface area contributed by atoms with Gasteiger partial charge in [0.1, 0.15) is 0 Å². The van der Waals surface area contributed by atoms with Crippen LogP contribution in [0.15, 0.2) is 10.5 Å². The van der Waals surface area contributed by atoms with Crippen LogP contribution in [0.5, 0.6) is 0 Å². The third kappa shape index (κ3) is 4.41. The Morgan fingerprint density at radius 1 is 1.65 bits per heavy atom. The Morgan fingerprint density at radius 3 is 2.76 bits per heavy atom. The minimum Gasteiger partial charge on any atom is -0.469 e. The molecule has 0 amide bonds. The number of aryl methyl sites for hydroxylation is 1. The Kier molecular flexibility index (Phi) is 5.62. The second-order valence-electron chi connectivity index (χ2n) is 4.30. The maximum absolute atomic E-state index is 11.1. The zero-order valence-electron chi connectivity index (χ0n) is 10.3. The van der Waals surface area contributed by atoms with Crippen LogP contribution in [0, 0.1) is 12.8 Å². The van der Waals surface area contributed by atoms with Crippen molar-refractivity contribution >= 4 is 33.2 Å². The molecule has 0 radical (unpaired) electrons. The van der Waals surface area contributed by atoms with E-state index < -0.39 is 0 Å². The Balaban J connectivity index is 2.57. The van der Waals surface area contributed by atoms with Crippen LogP contribution in [0.3, 0.4) is 0 Å². The largest absolute Gasteiger partial charge is 0.469 e. The second-order valence-corrected chi connectivity index (χ2v) is 6.44. The van der Waals surface area contributed by atoms with Gasteiger partial charge >= 0.3 is 5.97 Å². The number of carbonyl (C=O) groups is 1. The Bertz CT molecular complexity index is 392. The number of rotatable bonds is 5. The molecular weight excluding hydrogens is 302 g/mol. The van der Waals surface area contributed by atoms with E-state index in [0.717, 1.165) is 15.8 Å². The number of carbonyl (C=O) groups excluding carboxylic acids is 1. The van der Waals surface area contributed by atoms with Crippen LogP contribution in [-0.2, 0) is 9.53 Å². The van der Waals surface area contributed by atoms with Gasteiger partial charge in [-0.15, -0.1) is 11.3 Å². The highest BCUT2D eigenvalue weighted by Gasteiger charge is 2.18. The van der Waals surface area contributed by atoms with Crippen LogP contribution in [0.25, 0.3) is 0 Å². The first-order valence-corrected chi connectivity index (χ1v) is 7.13. The normalized spacial score (nSPS) is 14.4. The first-order valence-electron chi connectivity index (χ1n) is 5.52. The van der Waals surface area contributed by atoms with Gasteiger partial charge in [0, 0.05) is 26.7 Å². The van der Waals surface area contributed by atoms with Crippen molar-refractivity contribution in [2.75, 3.05) is 7.11 Å². The number of hydrogen-bond acceptors (Lipinski definition) is 4. The highest BCUT2D eigenvalue weighted by Crippen LogP contribution is 2.34. The van der Waals surface area contributed by atoms with Crippen LogP contribution in [0.2, 0.25) is 0 Å². The van der Waals surface area contributed by atoms with Gasteiger partial charge in [0.05, 0.1) is 7.11 Å². The summed E-state index contributed by atoms with van der Waals surface area (Å²) in [4.78, 5) is 13.5. The smallest absolute Gasteiger partial charge is 0.305 e. The van der Waals surface area contributed by atoms with Gasteiger partial charge in [-0.25, -0.2) is 0 Å². The number of methoxy groups -OCH3 is 1. The van der Waals surface area contributed by atoms with Gasteiger partial charge in [-0.3, -0.25) is 4.79 Å². The van der Waals surface area contributed by atoms with E-state index >= 15 is 0 Å². The summed E-state index contributed by atoms with van der Waals surface area (Å²) in [5.41, 5.74) is 6.16. The summed E-state index contributed by atoms with van der Waals surface area (Å²) < 4.78 is 5.72. The van der Waals surface area contributed by atoms with Gasteiger partial charge in [-0.2, -0.15) is 0 Å². The molecule has 3 nitrogen and oxygen atoms in total. The van der Waals surface area contributed by atoms with Crippen molar-refractivity contribution in [3.8, 4) is 0 Å². The summed E-state index contributed by atoms with van der Waals surface area (Å²) in [6, 6.07) is 2.05. The quantitative estimate of drug-likeness (QED) is 0.846. The predicted molar refractivity (Wildman–Crippen MR) is 74.1 cm³/mol. The highest BCUT2D eigenvalue weighted by atomic mass is 79.9. The number of thiophene rings is 1. The van der Waals surface area contributed by atoms with Crippen molar-refractivity contribution in [2.24, 2.45) is 11.7 Å². The molecule has 1 aromatic rings. The monoisotopic (exact) mass is 319 g/mol. The first kappa shape index (κ1) is 14.7. The molecule has 0 aliphatic carbocycles. The van der Waals surface area contributed by atoms with Crippen molar-refractivity contribution in [1.82, 2.24) is 0 Å². The zero-order chi connectivity index (χ0) is 13.0. The van der Waals surface area contributed by atoms with Gasteiger partial charge in [0.2, 0.25) is 0 Å². The molecule has 96 valence electrons. The van der Waals surface area contributed by atoms with E-state index in [1.54, 1.807) is 11.3 Å². The third-order valence-electron chi connectivity index (χ3n) is 2.57. The molecule has 1 heterocycles. The van der Waals surface area contributed by atoms with Crippen LogP contribution >= 0.6 is 27.3 Å². The lowest BCUT2D eigenvalue weighted by Crippen LogP contribution is -2.16. The Morgan fingerprint density at radius 2 is 2.29 bits per heavy atom. The summed E-state index contributed by atoms with van der Waals surface area (Å²) in [6.45, 7) is 4.08. The van der Waals surface area contributed by atoms with Crippen LogP contribution in [0.4, 0.5) is 0 Å². The maximum Gasteiger partial charge on any atom is 0.305 e. The average Bonchev–Trinajstić information content (AvgIpc) is 2.57. The molecule has 0 saturated carbocycles. The molecule has 2 unspecified atom stereocenters. The first-order chi connectivity index (χ1) is 7.93. The van der Waals surface area contributed by atoms with Crippen molar-refractivity contribution < 1.29 is 9.53 Å². The Hall–Kier alpha value is -0.390. The molecule has 0 bridgehead atoms. The van der Waals surface area contributed by atoms with Gasteiger partial charge in [-0.05, 0) is 41.3 Å². The zero-order valence-corrected chi connectivity index (χ0v) is 12.7. The molecule has 0 aliphatic rings. The van der Waals surface area contributed by atoms with Crippen LogP contribution < -0.4 is 5.73 Å². The number of esters is 1. The summed E-state index contributed by atoms with van der Waals surface area (Å²) in [5, 5.41) is 0. The summed E-state index contributed by atoms with van der Waals surface area (Å²) in [6.07, 6.45) is 1.21. The number of halogens is 1. The molecular formula is C12H18BrNO2S. The van der Waals surface area contributed by atoms with E-state index in [1.807, 2.05) is 6.92 Å². The van der Waals surface area contributed by atoms with Gasteiger partial charge in [-0.1, -0.05) is 6.92 Å². The van der Waals surface area contributed by atoms with E-state index in [0.29, 0.717) is 6.42 Å². The van der Waals surface area contributed by atoms with E-state index in [9.17, 15) is 4.79 Å². The van der Waals surface area contributed by atoms with Crippen LogP contribution in [-0.4, -0.2) is 13.1 Å². The molecule has 2 atom stereocenters. The molecule has 17 heavy (non-hydrogen) atoms. The SMILES string of the molecule is COC(=O)CC(C)CC(N)c1sc(C)cc1Br. The van der Waals surface area contributed by atoms with Crippen LogP contribution in [0.1, 0.15) is 35.6 Å². The molecule has 1 aromatic heterocycles. The molecule has 0 saturated heterocycles. The lowest BCUT2D eigenvalue weighted by molar-refractivity contribution is -0.141. The summed E-state index contributed by atoms with van der Waals surface area (Å²) in [7, 11) is 1.41. The van der Waals surface area contributed by atoms with E-state index in [4.69, 9.17) is 5.73 Å². The van der Waals surface area contributed by atoms with E-state index in [-0.39, 0.29) is 17.9 Å². The van der Waals surface area contributed by atoms with E-state index in [1.165, 1.54) is 12.0 Å². The standard InChI is InChI=1S/C12H18BrNO2S/c1-7(5-11(15)16-3)4-10(14)12-9(13)6-8(2)17-12/h6-7,10H,4-5,14H2,1-3H3. The van der Waals surface area contributed by atoms with Crippen molar-refractivity contribution in [1.29, 1.82) is 0 Å². The number of hydrogen-bond donors (Lipinski definition) is 1. The minimum absolute atomic E-state index is 0.0252. The average molecular weight is 320 g/mol. The maximum atomic E-state index is 11.1. The lowest BCUT2D eigenvalue weighted by Gasteiger charge is -2.15. The second kappa shape index (κ2) is 6.52. The number of ether oxygens (including phenoxy) is 1.